The van der Waals surface area contributed by atoms with Crippen LogP contribution in [0.5, 0.6) is 0 Å². The topological polar surface area (TPSA) is 35.6 Å². The Morgan fingerprint density at radius 3 is 2.56 bits per heavy atom. The molecule has 1 aliphatic heterocycles. The third-order valence-electron chi connectivity index (χ3n) is 4.82. The third kappa shape index (κ3) is 5.66. The van der Waals surface area contributed by atoms with E-state index >= 15 is 0 Å². The molecule has 1 amide bonds. The molecule has 0 aliphatic carbocycles. The monoisotopic (exact) mass is 357 g/mol. The summed E-state index contributed by atoms with van der Waals surface area (Å²) >= 11 is 1.84. The number of rotatable bonds is 7. The molecule has 1 aromatic heterocycles. The maximum Gasteiger partial charge on any atom is 0.234 e. The van der Waals surface area contributed by atoms with Crippen LogP contribution in [0.25, 0.3) is 0 Å². The second-order valence-electron chi connectivity index (χ2n) is 6.65. The molecule has 1 N–H and O–H groups in total. The highest BCUT2D eigenvalue weighted by Crippen LogP contribution is 2.11. The van der Waals surface area contributed by atoms with E-state index in [1.807, 2.05) is 23.5 Å². The van der Waals surface area contributed by atoms with E-state index in [2.05, 4.69) is 51.7 Å². The van der Waals surface area contributed by atoms with E-state index in [9.17, 15) is 4.79 Å². The zero-order valence-corrected chi connectivity index (χ0v) is 15.7. The first-order valence-corrected chi connectivity index (χ1v) is 9.87. The van der Waals surface area contributed by atoms with Gasteiger partial charge >= 0.3 is 0 Å². The lowest BCUT2D eigenvalue weighted by molar-refractivity contribution is -0.122. The summed E-state index contributed by atoms with van der Waals surface area (Å²) in [6, 6.07) is 12.5. The van der Waals surface area contributed by atoms with Gasteiger partial charge < -0.3 is 10.2 Å². The van der Waals surface area contributed by atoms with Crippen molar-refractivity contribution >= 4 is 17.2 Å². The summed E-state index contributed by atoms with van der Waals surface area (Å²) in [6.45, 7) is 8.37. The van der Waals surface area contributed by atoms with Crippen molar-refractivity contribution in [1.29, 1.82) is 0 Å². The van der Waals surface area contributed by atoms with Crippen LogP contribution in [-0.2, 0) is 17.8 Å². The number of hydrogen-bond acceptors (Lipinski definition) is 4. The lowest BCUT2D eigenvalue weighted by Gasteiger charge is -2.34. The SMILES string of the molecule is Cc1ccccc1CNC(=O)CN1CCN(CCc2cccs2)CC1. The molecule has 4 nitrogen and oxygen atoms in total. The molecule has 0 atom stereocenters. The molecule has 1 aliphatic rings. The molecule has 2 aromatic rings. The third-order valence-corrected chi connectivity index (χ3v) is 5.76. The quantitative estimate of drug-likeness (QED) is 0.827. The van der Waals surface area contributed by atoms with Crippen LogP contribution in [0.15, 0.2) is 41.8 Å². The van der Waals surface area contributed by atoms with Gasteiger partial charge in [0.15, 0.2) is 0 Å². The van der Waals surface area contributed by atoms with E-state index in [0.29, 0.717) is 13.1 Å². The van der Waals surface area contributed by atoms with E-state index < -0.39 is 0 Å². The number of benzene rings is 1. The Morgan fingerprint density at radius 1 is 1.08 bits per heavy atom. The normalized spacial score (nSPS) is 16.0. The predicted octanol–water partition coefficient (Wildman–Crippen LogP) is 2.53. The van der Waals surface area contributed by atoms with Crippen LogP contribution in [0.1, 0.15) is 16.0 Å². The summed E-state index contributed by atoms with van der Waals surface area (Å²) in [4.78, 5) is 18.4. The lowest BCUT2D eigenvalue weighted by atomic mass is 10.1. The number of piperazine rings is 1. The summed E-state index contributed by atoms with van der Waals surface area (Å²) in [7, 11) is 0. The molecule has 0 saturated carbocycles. The Morgan fingerprint density at radius 2 is 1.84 bits per heavy atom. The van der Waals surface area contributed by atoms with E-state index in [1.165, 1.54) is 16.0 Å². The van der Waals surface area contributed by atoms with Gasteiger partial charge in [-0.2, -0.15) is 0 Å². The first-order chi connectivity index (χ1) is 12.2. The van der Waals surface area contributed by atoms with Gasteiger partial charge in [-0.25, -0.2) is 0 Å². The highest BCUT2D eigenvalue weighted by Gasteiger charge is 2.18. The molecule has 3 rings (SSSR count). The van der Waals surface area contributed by atoms with Crippen molar-refractivity contribution in [2.45, 2.75) is 19.9 Å². The van der Waals surface area contributed by atoms with Crippen LogP contribution in [0, 0.1) is 6.92 Å². The van der Waals surface area contributed by atoms with Crippen LogP contribution >= 0.6 is 11.3 Å². The highest BCUT2D eigenvalue weighted by molar-refractivity contribution is 7.09. The van der Waals surface area contributed by atoms with Crippen LogP contribution < -0.4 is 5.32 Å². The number of carbonyl (C=O) groups excluding carboxylic acids is 1. The summed E-state index contributed by atoms with van der Waals surface area (Å²) in [5.74, 6) is 0.121. The Kier molecular flexibility index (Phi) is 6.62. The number of hydrogen-bond donors (Lipinski definition) is 1. The average molecular weight is 358 g/mol. The van der Waals surface area contributed by atoms with Crippen molar-refractivity contribution in [1.82, 2.24) is 15.1 Å². The van der Waals surface area contributed by atoms with Crippen molar-refractivity contribution in [3.05, 3.63) is 57.8 Å². The molecule has 1 saturated heterocycles. The summed E-state index contributed by atoms with van der Waals surface area (Å²) < 4.78 is 0. The fourth-order valence-electron chi connectivity index (χ4n) is 3.16. The summed E-state index contributed by atoms with van der Waals surface area (Å²) in [5.41, 5.74) is 2.41. The predicted molar refractivity (Wildman–Crippen MR) is 104 cm³/mol. The van der Waals surface area contributed by atoms with Gasteiger partial charge in [-0.15, -0.1) is 11.3 Å². The van der Waals surface area contributed by atoms with E-state index in [4.69, 9.17) is 0 Å². The molecule has 2 heterocycles. The van der Waals surface area contributed by atoms with Crippen molar-refractivity contribution in [3.8, 4) is 0 Å². The van der Waals surface area contributed by atoms with Crippen molar-refractivity contribution in [2.75, 3.05) is 39.3 Å². The fraction of sp³-hybridized carbons (Fsp3) is 0.450. The number of carbonyl (C=O) groups is 1. The Labute approximate surface area is 154 Å². The van der Waals surface area contributed by atoms with Crippen LogP contribution in [0.3, 0.4) is 0 Å². The smallest absolute Gasteiger partial charge is 0.234 e. The largest absolute Gasteiger partial charge is 0.351 e. The molecule has 134 valence electrons. The molecule has 0 bridgehead atoms. The lowest BCUT2D eigenvalue weighted by Crippen LogP contribution is -2.49. The standard InChI is InChI=1S/C20H27N3OS/c1-17-5-2-3-6-18(17)15-21-20(24)16-23-12-10-22(11-13-23)9-8-19-7-4-14-25-19/h2-7,14H,8-13,15-16H2,1H3,(H,21,24). The first-order valence-electron chi connectivity index (χ1n) is 8.99. The van der Waals surface area contributed by atoms with Crippen molar-refractivity contribution < 1.29 is 4.79 Å². The minimum absolute atomic E-state index is 0.121. The molecule has 0 radical (unpaired) electrons. The maximum absolute atomic E-state index is 12.2. The highest BCUT2D eigenvalue weighted by atomic mass is 32.1. The van der Waals surface area contributed by atoms with Crippen molar-refractivity contribution in [3.63, 3.8) is 0 Å². The van der Waals surface area contributed by atoms with Crippen LogP contribution in [0.4, 0.5) is 0 Å². The van der Waals surface area contributed by atoms with Crippen LogP contribution in [0.2, 0.25) is 0 Å². The Balaban J connectivity index is 1.34. The van der Waals surface area contributed by atoms with Crippen molar-refractivity contribution in [2.24, 2.45) is 0 Å². The van der Waals surface area contributed by atoms with Gasteiger partial charge in [-0.1, -0.05) is 30.3 Å². The van der Waals surface area contributed by atoms with Gasteiger partial charge in [0.25, 0.3) is 0 Å². The molecule has 1 fully saturated rings. The Hall–Kier alpha value is -1.69. The molecular formula is C20H27N3OS. The van der Waals surface area contributed by atoms with Gasteiger partial charge in [0.1, 0.15) is 0 Å². The maximum atomic E-state index is 12.2. The van der Waals surface area contributed by atoms with Gasteiger partial charge in [0, 0.05) is 44.1 Å². The number of nitrogens with one attached hydrogen (secondary N) is 1. The van der Waals surface area contributed by atoms with Gasteiger partial charge in [-0.3, -0.25) is 9.69 Å². The number of nitrogens with zero attached hydrogens (tertiary/aromatic N) is 2. The van der Waals surface area contributed by atoms with E-state index in [0.717, 1.165) is 39.1 Å². The van der Waals surface area contributed by atoms with E-state index in [1.54, 1.807) is 0 Å². The second kappa shape index (κ2) is 9.13. The number of thiophene rings is 1. The average Bonchev–Trinajstić information content (AvgIpc) is 3.14. The fourth-order valence-corrected chi connectivity index (χ4v) is 3.85. The molecule has 5 heteroatoms. The van der Waals surface area contributed by atoms with Gasteiger partial charge in [0.05, 0.1) is 6.54 Å². The zero-order chi connectivity index (χ0) is 17.5. The molecule has 0 spiro atoms. The van der Waals surface area contributed by atoms with Gasteiger partial charge in [-0.05, 0) is 35.9 Å². The molecular weight excluding hydrogens is 330 g/mol. The Bertz CT molecular complexity index is 663. The number of aryl methyl sites for hydroxylation is 1. The molecule has 0 unspecified atom stereocenters. The minimum Gasteiger partial charge on any atom is -0.351 e. The van der Waals surface area contributed by atoms with Gasteiger partial charge in [0.2, 0.25) is 5.91 Å². The minimum atomic E-state index is 0.121. The molecule has 1 aromatic carbocycles. The second-order valence-corrected chi connectivity index (χ2v) is 7.68. The number of amides is 1. The summed E-state index contributed by atoms with van der Waals surface area (Å²) in [5, 5.41) is 5.19. The zero-order valence-electron chi connectivity index (χ0n) is 14.9. The first kappa shape index (κ1) is 18.1. The summed E-state index contributed by atoms with van der Waals surface area (Å²) in [6.07, 6.45) is 1.13. The van der Waals surface area contributed by atoms with E-state index in [-0.39, 0.29) is 5.91 Å². The molecule has 25 heavy (non-hydrogen) atoms. The van der Waals surface area contributed by atoms with Crippen LogP contribution in [-0.4, -0.2) is 55.0 Å².